The Morgan fingerprint density at radius 1 is 1.07 bits per heavy atom. The van der Waals surface area contributed by atoms with E-state index in [0.717, 1.165) is 16.6 Å². The van der Waals surface area contributed by atoms with Crippen LogP contribution in [0.4, 0.5) is 0 Å². The predicted molar refractivity (Wildman–Crippen MR) is 104 cm³/mol. The number of aryl methyl sites for hydroxylation is 1. The van der Waals surface area contributed by atoms with Gasteiger partial charge in [0.05, 0.1) is 17.7 Å². The molecule has 0 saturated carbocycles. The normalized spacial score (nSPS) is 10.9. The number of amides is 1. The van der Waals surface area contributed by atoms with Crippen molar-refractivity contribution in [3.05, 3.63) is 76.2 Å². The van der Waals surface area contributed by atoms with E-state index >= 15 is 0 Å². The van der Waals surface area contributed by atoms with Crippen LogP contribution < -0.4 is 5.56 Å². The summed E-state index contributed by atoms with van der Waals surface area (Å²) in [6, 6.07) is 17.1. The number of fused-ring (bicyclic) bond motifs is 1. The standard InChI is InChI=1S/C21H23N3O3/c1-16-18-10-6-7-11-19(18)21(26)24(22-16)15-20(25)23(12-13-27-2)14-17-8-4-3-5-9-17/h3-11H,12-15H2,1-2H3. The lowest BCUT2D eigenvalue weighted by Crippen LogP contribution is -2.39. The van der Waals surface area contributed by atoms with E-state index in [2.05, 4.69) is 5.10 Å². The summed E-state index contributed by atoms with van der Waals surface area (Å²) in [7, 11) is 1.60. The van der Waals surface area contributed by atoms with E-state index in [1.807, 2.05) is 55.5 Å². The van der Waals surface area contributed by atoms with Gasteiger partial charge in [-0.15, -0.1) is 0 Å². The van der Waals surface area contributed by atoms with Crippen molar-refractivity contribution in [2.75, 3.05) is 20.3 Å². The molecule has 0 radical (unpaired) electrons. The van der Waals surface area contributed by atoms with E-state index in [1.165, 1.54) is 4.68 Å². The van der Waals surface area contributed by atoms with Crippen molar-refractivity contribution in [3.63, 3.8) is 0 Å². The minimum absolute atomic E-state index is 0.0962. The Balaban J connectivity index is 1.85. The largest absolute Gasteiger partial charge is 0.383 e. The highest BCUT2D eigenvalue weighted by atomic mass is 16.5. The molecule has 0 aliphatic rings. The summed E-state index contributed by atoms with van der Waals surface area (Å²) in [6.07, 6.45) is 0. The Hall–Kier alpha value is -2.99. The molecule has 1 amide bonds. The number of methoxy groups -OCH3 is 1. The molecule has 6 heteroatoms. The summed E-state index contributed by atoms with van der Waals surface area (Å²) < 4.78 is 6.39. The molecule has 140 valence electrons. The van der Waals surface area contributed by atoms with Gasteiger partial charge in [-0.25, -0.2) is 4.68 Å². The minimum atomic E-state index is -0.254. The Labute approximate surface area is 158 Å². The van der Waals surface area contributed by atoms with Crippen LogP contribution in [0, 0.1) is 6.92 Å². The van der Waals surface area contributed by atoms with E-state index in [4.69, 9.17) is 4.74 Å². The van der Waals surface area contributed by atoms with Crippen LogP contribution in [0.25, 0.3) is 10.8 Å². The van der Waals surface area contributed by atoms with Crippen LogP contribution in [0.1, 0.15) is 11.3 Å². The van der Waals surface area contributed by atoms with E-state index in [0.29, 0.717) is 25.1 Å². The molecule has 0 saturated heterocycles. The highest BCUT2D eigenvalue weighted by molar-refractivity contribution is 5.83. The predicted octanol–water partition coefficient (Wildman–Crippen LogP) is 2.38. The number of rotatable bonds is 7. The molecule has 0 bridgehead atoms. The van der Waals surface area contributed by atoms with Crippen LogP contribution in [0.15, 0.2) is 59.4 Å². The van der Waals surface area contributed by atoms with Gasteiger partial charge in [0.25, 0.3) is 5.56 Å². The van der Waals surface area contributed by atoms with Crippen LogP contribution in [0.5, 0.6) is 0 Å². The lowest BCUT2D eigenvalue weighted by Gasteiger charge is -2.23. The second kappa shape index (κ2) is 8.60. The van der Waals surface area contributed by atoms with Crippen LogP contribution in [-0.4, -0.2) is 40.8 Å². The number of hydrogen-bond donors (Lipinski definition) is 0. The first-order valence-corrected chi connectivity index (χ1v) is 8.87. The molecule has 0 aliphatic carbocycles. The number of hydrogen-bond acceptors (Lipinski definition) is 4. The number of aromatic nitrogens is 2. The molecule has 0 fully saturated rings. The van der Waals surface area contributed by atoms with Crippen LogP contribution in [-0.2, 0) is 22.6 Å². The molecule has 1 heterocycles. The summed E-state index contributed by atoms with van der Waals surface area (Å²) in [6.45, 7) is 3.09. The SMILES string of the molecule is COCCN(Cc1ccccc1)C(=O)Cn1nc(C)c2ccccc2c1=O. The van der Waals surface area contributed by atoms with Gasteiger partial charge < -0.3 is 9.64 Å². The van der Waals surface area contributed by atoms with E-state index in [1.54, 1.807) is 18.1 Å². The Morgan fingerprint density at radius 2 is 1.74 bits per heavy atom. The van der Waals surface area contributed by atoms with Gasteiger partial charge in [0.1, 0.15) is 6.54 Å². The molecule has 0 aliphatic heterocycles. The van der Waals surface area contributed by atoms with Crippen molar-refractivity contribution < 1.29 is 9.53 Å². The van der Waals surface area contributed by atoms with Gasteiger partial charge in [-0.2, -0.15) is 5.10 Å². The quantitative estimate of drug-likeness (QED) is 0.645. The molecule has 3 aromatic rings. The number of carbonyl (C=O) groups excluding carboxylic acids is 1. The van der Waals surface area contributed by atoms with E-state index in [-0.39, 0.29) is 18.0 Å². The molecule has 0 unspecified atom stereocenters. The van der Waals surface area contributed by atoms with Gasteiger partial charge in [0.15, 0.2) is 0 Å². The smallest absolute Gasteiger partial charge is 0.275 e. The van der Waals surface area contributed by atoms with Crippen LogP contribution >= 0.6 is 0 Å². The highest BCUT2D eigenvalue weighted by Gasteiger charge is 2.17. The zero-order valence-corrected chi connectivity index (χ0v) is 15.6. The minimum Gasteiger partial charge on any atom is -0.383 e. The molecule has 3 rings (SSSR count). The number of benzene rings is 2. The summed E-state index contributed by atoms with van der Waals surface area (Å²) in [4.78, 5) is 27.3. The van der Waals surface area contributed by atoms with Crippen LogP contribution in [0.2, 0.25) is 0 Å². The molecule has 6 nitrogen and oxygen atoms in total. The van der Waals surface area contributed by atoms with Crippen molar-refractivity contribution in [2.45, 2.75) is 20.0 Å². The lowest BCUT2D eigenvalue weighted by molar-refractivity contribution is -0.133. The first kappa shape index (κ1) is 18.8. The Morgan fingerprint density at radius 3 is 2.44 bits per heavy atom. The van der Waals surface area contributed by atoms with Crippen molar-refractivity contribution in [2.24, 2.45) is 0 Å². The first-order chi connectivity index (χ1) is 13.1. The molecule has 0 atom stereocenters. The number of nitrogens with zero attached hydrogens (tertiary/aromatic N) is 3. The molecule has 27 heavy (non-hydrogen) atoms. The topological polar surface area (TPSA) is 64.4 Å². The fourth-order valence-corrected chi connectivity index (χ4v) is 3.04. The second-order valence-electron chi connectivity index (χ2n) is 6.39. The van der Waals surface area contributed by atoms with Gasteiger partial charge in [-0.3, -0.25) is 9.59 Å². The van der Waals surface area contributed by atoms with Gasteiger partial charge in [-0.05, 0) is 18.6 Å². The zero-order valence-electron chi connectivity index (χ0n) is 15.6. The molecule has 0 N–H and O–H groups in total. The molecular weight excluding hydrogens is 342 g/mol. The van der Waals surface area contributed by atoms with Crippen molar-refractivity contribution in [3.8, 4) is 0 Å². The van der Waals surface area contributed by atoms with Crippen molar-refractivity contribution in [1.29, 1.82) is 0 Å². The van der Waals surface area contributed by atoms with E-state index in [9.17, 15) is 9.59 Å². The highest BCUT2D eigenvalue weighted by Crippen LogP contribution is 2.12. The molecule has 0 spiro atoms. The maximum absolute atomic E-state index is 12.9. The second-order valence-corrected chi connectivity index (χ2v) is 6.39. The number of ether oxygens (including phenoxy) is 1. The third-order valence-electron chi connectivity index (χ3n) is 4.47. The van der Waals surface area contributed by atoms with Gasteiger partial charge in [0, 0.05) is 25.6 Å². The zero-order chi connectivity index (χ0) is 19.2. The molecule has 1 aromatic heterocycles. The summed E-state index contributed by atoms with van der Waals surface area (Å²) >= 11 is 0. The molecule has 2 aromatic carbocycles. The summed E-state index contributed by atoms with van der Waals surface area (Å²) in [5, 5.41) is 5.72. The number of carbonyl (C=O) groups is 1. The average molecular weight is 365 g/mol. The van der Waals surface area contributed by atoms with E-state index < -0.39 is 0 Å². The Bertz CT molecular complexity index is 983. The lowest BCUT2D eigenvalue weighted by atomic mass is 10.1. The fourth-order valence-electron chi connectivity index (χ4n) is 3.04. The van der Waals surface area contributed by atoms with Gasteiger partial charge in [-0.1, -0.05) is 48.5 Å². The van der Waals surface area contributed by atoms with Gasteiger partial charge >= 0.3 is 0 Å². The summed E-state index contributed by atoms with van der Waals surface area (Å²) in [5.41, 5.74) is 1.50. The molecular formula is C21H23N3O3. The summed E-state index contributed by atoms with van der Waals surface area (Å²) in [5.74, 6) is -0.166. The Kier molecular flexibility index (Phi) is 5.98. The maximum Gasteiger partial charge on any atom is 0.275 e. The third kappa shape index (κ3) is 4.41. The monoisotopic (exact) mass is 365 g/mol. The average Bonchev–Trinajstić information content (AvgIpc) is 2.70. The van der Waals surface area contributed by atoms with Crippen LogP contribution in [0.3, 0.4) is 0 Å². The third-order valence-corrected chi connectivity index (χ3v) is 4.47. The maximum atomic E-state index is 12.9. The van der Waals surface area contributed by atoms with Crippen molar-refractivity contribution >= 4 is 16.7 Å². The first-order valence-electron chi connectivity index (χ1n) is 8.87. The van der Waals surface area contributed by atoms with Gasteiger partial charge in [0.2, 0.25) is 5.91 Å². The van der Waals surface area contributed by atoms with Crippen molar-refractivity contribution in [1.82, 2.24) is 14.7 Å². The fraction of sp³-hybridized carbons (Fsp3) is 0.286.